The average Bonchev–Trinajstić information content (AvgIpc) is 2.94. The average molecular weight is 546 g/mol. The minimum Gasteiger partial charge on any atom is -0.495 e. The van der Waals surface area contributed by atoms with Crippen LogP contribution in [0.4, 0.5) is 15.9 Å². The molecule has 188 valence electrons. The standard InChI is InChI=1S/C27H17ClFN5O3S/c1-37-26-13-22(18-3-5-24(29)23(28)11-18)20(14-30)12-25(26)34(27-7-9-32-16-33-27)38(35,36)21-4-2-19-15-31-8-6-17(19)10-21/h2-13,15-16H,1H3. The summed E-state index contributed by atoms with van der Waals surface area (Å²) in [7, 11) is -2.91. The molecule has 0 unspecified atom stereocenters. The highest BCUT2D eigenvalue weighted by Crippen LogP contribution is 2.42. The summed E-state index contributed by atoms with van der Waals surface area (Å²) in [4.78, 5) is 12.1. The Hall–Kier alpha value is -4.59. The summed E-state index contributed by atoms with van der Waals surface area (Å²) < 4.78 is 48.6. The van der Waals surface area contributed by atoms with Gasteiger partial charge in [0.05, 0.1) is 28.7 Å². The summed E-state index contributed by atoms with van der Waals surface area (Å²) in [5.74, 6) is -0.439. The maximum atomic E-state index is 14.1. The van der Waals surface area contributed by atoms with Crippen LogP contribution in [-0.2, 0) is 10.0 Å². The first kappa shape index (κ1) is 25.1. The second kappa shape index (κ2) is 10.0. The molecule has 38 heavy (non-hydrogen) atoms. The lowest BCUT2D eigenvalue weighted by Gasteiger charge is -2.26. The molecule has 0 aliphatic carbocycles. The number of rotatable bonds is 6. The van der Waals surface area contributed by atoms with Crippen LogP contribution < -0.4 is 9.04 Å². The van der Waals surface area contributed by atoms with Gasteiger partial charge in [-0.1, -0.05) is 23.7 Å². The fourth-order valence-electron chi connectivity index (χ4n) is 3.99. The van der Waals surface area contributed by atoms with Gasteiger partial charge in [0.25, 0.3) is 10.0 Å². The molecule has 5 rings (SSSR count). The molecular formula is C27H17ClFN5O3S. The van der Waals surface area contributed by atoms with E-state index in [1.807, 2.05) is 0 Å². The summed E-state index contributed by atoms with van der Waals surface area (Å²) in [6.07, 6.45) is 5.83. The van der Waals surface area contributed by atoms with Gasteiger partial charge in [-0.05, 0) is 53.4 Å². The number of nitriles is 1. The van der Waals surface area contributed by atoms with Crippen LogP contribution in [0.5, 0.6) is 5.75 Å². The van der Waals surface area contributed by atoms with E-state index in [-0.39, 0.29) is 32.7 Å². The number of aromatic nitrogens is 3. The number of halogens is 2. The number of hydrogen-bond acceptors (Lipinski definition) is 7. The molecule has 2 aromatic heterocycles. The van der Waals surface area contributed by atoms with Crippen molar-refractivity contribution >= 4 is 43.9 Å². The number of sulfonamides is 1. The highest BCUT2D eigenvalue weighted by Gasteiger charge is 2.31. The van der Waals surface area contributed by atoms with Crippen LogP contribution in [0.25, 0.3) is 21.9 Å². The van der Waals surface area contributed by atoms with Crippen LogP contribution >= 0.6 is 11.6 Å². The van der Waals surface area contributed by atoms with E-state index in [9.17, 15) is 18.1 Å². The zero-order chi connectivity index (χ0) is 26.9. The molecular weight excluding hydrogens is 529 g/mol. The molecule has 11 heteroatoms. The van der Waals surface area contributed by atoms with Crippen molar-refractivity contribution in [2.45, 2.75) is 4.90 Å². The maximum Gasteiger partial charge on any atom is 0.270 e. The Bertz CT molecular complexity index is 1830. The molecule has 5 aromatic rings. The molecule has 0 amide bonds. The minimum atomic E-state index is -4.28. The third-order valence-electron chi connectivity index (χ3n) is 5.81. The summed E-state index contributed by atoms with van der Waals surface area (Å²) >= 11 is 5.97. The van der Waals surface area contributed by atoms with Gasteiger partial charge in [0.15, 0.2) is 5.82 Å². The van der Waals surface area contributed by atoms with Gasteiger partial charge in [0, 0.05) is 35.6 Å². The van der Waals surface area contributed by atoms with Crippen molar-refractivity contribution in [1.82, 2.24) is 15.0 Å². The first-order chi connectivity index (χ1) is 18.3. The van der Waals surface area contributed by atoms with Gasteiger partial charge in [-0.25, -0.2) is 27.1 Å². The first-order valence-corrected chi connectivity index (χ1v) is 12.9. The lowest BCUT2D eigenvalue weighted by molar-refractivity contribution is 0.416. The molecule has 0 aliphatic heterocycles. The molecule has 0 bridgehead atoms. The van der Waals surface area contributed by atoms with Gasteiger partial charge in [-0.2, -0.15) is 5.26 Å². The Morgan fingerprint density at radius 3 is 2.53 bits per heavy atom. The highest BCUT2D eigenvalue weighted by molar-refractivity contribution is 7.93. The van der Waals surface area contributed by atoms with E-state index in [0.717, 1.165) is 9.69 Å². The molecule has 2 heterocycles. The fraction of sp³-hybridized carbons (Fsp3) is 0.0370. The van der Waals surface area contributed by atoms with Gasteiger partial charge in [0.1, 0.15) is 23.6 Å². The number of methoxy groups -OCH3 is 1. The summed E-state index contributed by atoms with van der Waals surface area (Å²) in [6, 6.07) is 16.8. The van der Waals surface area contributed by atoms with E-state index in [0.29, 0.717) is 16.5 Å². The molecule has 3 aromatic carbocycles. The van der Waals surface area contributed by atoms with Gasteiger partial charge < -0.3 is 4.74 Å². The van der Waals surface area contributed by atoms with Crippen LogP contribution in [0.2, 0.25) is 5.02 Å². The van der Waals surface area contributed by atoms with Gasteiger partial charge >= 0.3 is 0 Å². The Kier molecular flexibility index (Phi) is 6.63. The van der Waals surface area contributed by atoms with Crippen molar-refractivity contribution in [3.05, 3.63) is 102 Å². The Morgan fingerprint density at radius 1 is 1.00 bits per heavy atom. The Balaban J connectivity index is 1.75. The van der Waals surface area contributed by atoms with Crippen LogP contribution in [0.15, 0.2) is 90.5 Å². The maximum absolute atomic E-state index is 14.1. The fourth-order valence-corrected chi connectivity index (χ4v) is 5.66. The van der Waals surface area contributed by atoms with E-state index in [1.165, 1.54) is 68.2 Å². The molecule has 0 aliphatic rings. The monoisotopic (exact) mass is 545 g/mol. The van der Waals surface area contributed by atoms with Crippen LogP contribution in [-0.4, -0.2) is 30.5 Å². The Labute approximate surface area is 222 Å². The minimum absolute atomic E-state index is 0.00948. The van der Waals surface area contributed by atoms with E-state index < -0.39 is 15.8 Å². The third-order valence-corrected chi connectivity index (χ3v) is 7.82. The number of ether oxygens (including phenoxy) is 1. The lowest BCUT2D eigenvalue weighted by atomic mass is 9.99. The summed E-state index contributed by atoms with van der Waals surface area (Å²) in [5.41, 5.74) is 1.00. The smallest absolute Gasteiger partial charge is 0.270 e. The van der Waals surface area contributed by atoms with Crippen molar-refractivity contribution < 1.29 is 17.5 Å². The van der Waals surface area contributed by atoms with Crippen LogP contribution in [0, 0.1) is 17.1 Å². The van der Waals surface area contributed by atoms with Crippen molar-refractivity contribution in [2.75, 3.05) is 11.4 Å². The van der Waals surface area contributed by atoms with Crippen molar-refractivity contribution in [1.29, 1.82) is 5.26 Å². The largest absolute Gasteiger partial charge is 0.495 e. The quantitative estimate of drug-likeness (QED) is 0.261. The third kappa shape index (κ3) is 4.49. The first-order valence-electron chi connectivity index (χ1n) is 11.1. The molecule has 0 saturated carbocycles. The predicted molar refractivity (Wildman–Crippen MR) is 141 cm³/mol. The number of hydrogen-bond donors (Lipinski definition) is 0. The van der Waals surface area contributed by atoms with Crippen molar-refractivity contribution in [3.8, 4) is 22.9 Å². The molecule has 0 radical (unpaired) electrons. The highest BCUT2D eigenvalue weighted by atomic mass is 35.5. The Morgan fingerprint density at radius 2 is 1.82 bits per heavy atom. The van der Waals surface area contributed by atoms with Crippen LogP contribution in [0.1, 0.15) is 5.56 Å². The number of nitrogens with zero attached hydrogens (tertiary/aromatic N) is 5. The second-order valence-electron chi connectivity index (χ2n) is 8.03. The van der Waals surface area contributed by atoms with E-state index in [1.54, 1.807) is 24.5 Å². The van der Waals surface area contributed by atoms with E-state index in [2.05, 4.69) is 21.0 Å². The topological polar surface area (TPSA) is 109 Å². The molecule has 0 fully saturated rings. The predicted octanol–water partition coefficient (Wildman–Crippen LogP) is 5.89. The van der Waals surface area contributed by atoms with Gasteiger partial charge in [-0.15, -0.1) is 0 Å². The van der Waals surface area contributed by atoms with E-state index in [4.69, 9.17) is 16.3 Å². The molecule has 0 spiro atoms. The van der Waals surface area contributed by atoms with Crippen molar-refractivity contribution in [2.24, 2.45) is 0 Å². The summed E-state index contributed by atoms with van der Waals surface area (Å²) in [6.45, 7) is 0. The van der Waals surface area contributed by atoms with Gasteiger partial charge in [0.2, 0.25) is 0 Å². The molecule has 8 nitrogen and oxygen atoms in total. The number of benzene rings is 3. The van der Waals surface area contributed by atoms with Gasteiger partial charge in [-0.3, -0.25) is 4.98 Å². The second-order valence-corrected chi connectivity index (χ2v) is 10.2. The van der Waals surface area contributed by atoms with Crippen molar-refractivity contribution in [3.63, 3.8) is 0 Å². The number of fused-ring (bicyclic) bond motifs is 1. The summed E-state index contributed by atoms with van der Waals surface area (Å²) in [5, 5.41) is 11.3. The number of pyridine rings is 1. The molecule has 0 saturated heterocycles. The SMILES string of the molecule is COc1cc(-c2ccc(F)c(Cl)c2)c(C#N)cc1N(c1ccncn1)S(=O)(=O)c1ccc2cnccc2c1. The zero-order valence-corrected chi connectivity index (χ0v) is 21.3. The molecule has 0 N–H and O–H groups in total. The van der Waals surface area contributed by atoms with Crippen LogP contribution in [0.3, 0.4) is 0 Å². The molecule has 0 atom stereocenters. The normalized spacial score (nSPS) is 11.2. The lowest BCUT2D eigenvalue weighted by Crippen LogP contribution is -2.27. The number of anilines is 2. The van der Waals surface area contributed by atoms with E-state index >= 15 is 0 Å². The zero-order valence-electron chi connectivity index (χ0n) is 19.7.